The number of phenolic OH excluding ortho intramolecular Hbond substituents is 3. The summed E-state index contributed by atoms with van der Waals surface area (Å²) in [5, 5.41) is 63.9. The average Bonchev–Trinajstić information content (AvgIpc) is 3.43. The molecule has 2 amide bonds. The summed E-state index contributed by atoms with van der Waals surface area (Å²) in [7, 11) is 6.79. The zero-order valence-electron chi connectivity index (χ0n) is 36.2. The van der Waals surface area contributed by atoms with Crippen LogP contribution in [0.2, 0.25) is 0 Å². The summed E-state index contributed by atoms with van der Waals surface area (Å²) in [6.45, 7) is 12.3. The van der Waals surface area contributed by atoms with Crippen LogP contribution in [0.3, 0.4) is 0 Å². The van der Waals surface area contributed by atoms with E-state index in [2.05, 4.69) is 15.8 Å². The number of methoxy groups -OCH3 is 1. The number of nitrogens with zero attached hydrogens (tertiary/aromatic N) is 2. The predicted molar refractivity (Wildman–Crippen MR) is 222 cm³/mol. The summed E-state index contributed by atoms with van der Waals surface area (Å²) in [6.07, 6.45) is 4.24. The number of quaternary nitrogens is 1. The SMILES string of the molecule is COC1C=COC2(C)Oc3c(C)c(O)c4c(O)c(c(/C=N/NC(=O)C[N+](C)(C)C)c(O)c4c3C2=O)NC(=O)/C(C)=C\C=C/C(C)C(O)C(C)C(O)C(C)C(OC(C)=O)C1C. The molecule has 0 aliphatic carbocycles. The number of anilines is 1. The second kappa shape index (κ2) is 18.4. The Kier molecular flexibility index (Phi) is 14.5. The van der Waals surface area contributed by atoms with Crippen molar-refractivity contribution in [3.63, 3.8) is 0 Å². The second-order valence-electron chi connectivity index (χ2n) is 16.9. The monoisotopic (exact) mass is 839 g/mol. The predicted octanol–water partition coefficient (Wildman–Crippen LogP) is 3.91. The zero-order chi connectivity index (χ0) is 45.2. The Labute approximate surface area is 349 Å². The molecular formula is C43H59N4O13+. The highest BCUT2D eigenvalue weighted by Gasteiger charge is 2.50. The molecular weight excluding hydrogens is 780 g/mol. The van der Waals surface area contributed by atoms with Gasteiger partial charge in [0.1, 0.15) is 23.4 Å². The van der Waals surface area contributed by atoms with Gasteiger partial charge in [-0.25, -0.2) is 5.43 Å². The highest BCUT2D eigenvalue weighted by atomic mass is 16.7. The molecule has 0 radical (unpaired) electrons. The fraction of sp³-hybridized carbons (Fsp3) is 0.512. The number of nitrogens with one attached hydrogen (secondary N) is 2. The Morgan fingerprint density at radius 1 is 0.967 bits per heavy atom. The number of ether oxygens (including phenoxy) is 4. The Hall–Kier alpha value is -5.49. The number of aliphatic hydroxyl groups is 2. The van der Waals surface area contributed by atoms with Crippen LogP contribution in [0.25, 0.3) is 10.8 Å². The number of carbonyl (C=O) groups is 4. The van der Waals surface area contributed by atoms with Crippen molar-refractivity contribution in [1.82, 2.24) is 5.43 Å². The number of carbonyl (C=O) groups excluding carboxylic acids is 4. The molecule has 2 aromatic carbocycles. The fourth-order valence-corrected chi connectivity index (χ4v) is 7.51. The quantitative estimate of drug-likeness (QED) is 0.0546. The first-order valence-corrected chi connectivity index (χ1v) is 19.6. The van der Waals surface area contributed by atoms with E-state index in [4.69, 9.17) is 18.9 Å². The van der Waals surface area contributed by atoms with Crippen molar-refractivity contribution in [3.05, 3.63) is 52.8 Å². The van der Waals surface area contributed by atoms with Gasteiger partial charge >= 0.3 is 11.8 Å². The van der Waals surface area contributed by atoms with Crippen LogP contribution in [0.1, 0.15) is 70.0 Å². The highest BCUT2D eigenvalue weighted by molar-refractivity contribution is 6.24. The van der Waals surface area contributed by atoms with Gasteiger partial charge in [-0.2, -0.15) is 5.10 Å². The summed E-state index contributed by atoms with van der Waals surface area (Å²) in [4.78, 5) is 53.0. The van der Waals surface area contributed by atoms with E-state index in [-0.39, 0.29) is 44.4 Å². The van der Waals surface area contributed by atoms with Crippen molar-refractivity contribution in [2.75, 3.05) is 40.1 Å². The first-order chi connectivity index (χ1) is 27.9. The number of hydrogen-bond donors (Lipinski definition) is 7. The zero-order valence-corrected chi connectivity index (χ0v) is 36.2. The largest absolute Gasteiger partial charge is 0.507 e. The molecule has 3 aliphatic rings. The van der Waals surface area contributed by atoms with Crippen molar-refractivity contribution < 1.29 is 68.1 Å². The molecule has 5 bridgehead atoms. The minimum atomic E-state index is -2.10. The van der Waals surface area contributed by atoms with Crippen molar-refractivity contribution in [2.45, 2.75) is 85.6 Å². The molecule has 328 valence electrons. The molecule has 0 saturated carbocycles. The Bertz CT molecular complexity index is 2140. The number of aromatic hydroxyl groups is 3. The van der Waals surface area contributed by atoms with E-state index in [9.17, 15) is 44.7 Å². The number of fused-ring (bicyclic) bond motifs is 14. The summed E-state index contributed by atoms with van der Waals surface area (Å²) in [5.74, 6) is -9.55. The van der Waals surface area contributed by atoms with E-state index >= 15 is 0 Å². The molecule has 0 saturated heterocycles. The topological polar surface area (TPSA) is 243 Å². The number of hydrazone groups is 1. The van der Waals surface area contributed by atoms with Crippen LogP contribution in [0.15, 0.2) is 41.2 Å². The van der Waals surface area contributed by atoms with Crippen molar-refractivity contribution in [3.8, 4) is 23.0 Å². The lowest BCUT2D eigenvalue weighted by molar-refractivity contribution is -0.862. The number of esters is 1. The molecule has 17 heteroatoms. The maximum Gasteiger partial charge on any atom is 0.312 e. The number of aliphatic hydroxyl groups excluding tert-OH is 2. The standard InChI is InChI=1S/C43H58N4O13/c1-20-14-13-15-21(2)42(56)45-33-27(18-44-46-29(49)19-47(9,10)11)37(53)30-31(38(33)54)36(52)25(6)40-32(30)41(55)43(8,60-40)58-17-16-28(57-12)22(3)39(59-26(7)48)24(5)35(51)23(4)34(20)50/h13-18,20,22-24,28,34-35,39,50-51H,19H2,1-12H3,(H4-,44,45,46,49,52,53,54,55,56)/p+1/b14-13-,17-16?,21-15-. The molecule has 0 fully saturated rings. The van der Waals surface area contributed by atoms with Gasteiger partial charge in [0.05, 0.1) is 74.1 Å². The lowest BCUT2D eigenvalue weighted by atomic mass is 9.78. The van der Waals surface area contributed by atoms with E-state index in [0.717, 1.165) is 12.5 Å². The van der Waals surface area contributed by atoms with Gasteiger partial charge in [-0.3, -0.25) is 19.2 Å². The fourth-order valence-electron chi connectivity index (χ4n) is 7.51. The van der Waals surface area contributed by atoms with E-state index in [0.29, 0.717) is 0 Å². The summed E-state index contributed by atoms with van der Waals surface area (Å²) in [6, 6.07) is 0. The number of benzene rings is 2. The number of rotatable bonds is 6. The average molecular weight is 840 g/mol. The third kappa shape index (κ3) is 9.75. The number of ketones is 1. The van der Waals surface area contributed by atoms with Gasteiger partial charge in [0, 0.05) is 61.2 Å². The van der Waals surface area contributed by atoms with Gasteiger partial charge in [0.2, 0.25) is 0 Å². The van der Waals surface area contributed by atoms with E-state index in [1.165, 1.54) is 53.0 Å². The van der Waals surface area contributed by atoms with Crippen LogP contribution in [-0.2, 0) is 28.6 Å². The third-order valence-corrected chi connectivity index (χ3v) is 11.0. The maximum absolute atomic E-state index is 14.4. The molecule has 9 unspecified atom stereocenters. The lowest BCUT2D eigenvalue weighted by Gasteiger charge is -2.38. The minimum Gasteiger partial charge on any atom is -0.507 e. The van der Waals surface area contributed by atoms with Gasteiger partial charge < -0.3 is 54.3 Å². The molecule has 3 heterocycles. The molecule has 9 atom stereocenters. The molecule has 2 aromatic rings. The number of amides is 2. The van der Waals surface area contributed by atoms with Crippen LogP contribution in [0.5, 0.6) is 23.0 Å². The van der Waals surface area contributed by atoms with Crippen molar-refractivity contribution in [2.24, 2.45) is 28.8 Å². The summed E-state index contributed by atoms with van der Waals surface area (Å²) < 4.78 is 23.7. The molecule has 5 rings (SSSR count). The number of hydrogen-bond acceptors (Lipinski definition) is 14. The first kappa shape index (κ1) is 47.2. The van der Waals surface area contributed by atoms with E-state index < -0.39 is 106 Å². The van der Waals surface area contributed by atoms with Gasteiger partial charge in [0.25, 0.3) is 17.6 Å². The minimum absolute atomic E-state index is 0.000506. The molecule has 0 spiro atoms. The van der Waals surface area contributed by atoms with Crippen molar-refractivity contribution >= 4 is 46.2 Å². The summed E-state index contributed by atoms with van der Waals surface area (Å²) in [5.41, 5.74) is 1.46. The van der Waals surface area contributed by atoms with Gasteiger partial charge in [-0.1, -0.05) is 45.9 Å². The molecule has 17 nitrogen and oxygen atoms in total. The number of allylic oxidation sites excluding steroid dienone is 2. The number of phenols is 3. The van der Waals surface area contributed by atoms with Crippen LogP contribution in [0, 0.1) is 30.6 Å². The maximum atomic E-state index is 14.4. The molecule has 3 aliphatic heterocycles. The van der Waals surface area contributed by atoms with Gasteiger partial charge in [0.15, 0.2) is 12.3 Å². The third-order valence-electron chi connectivity index (χ3n) is 11.0. The number of Topliss-reactive ketones (excluding diaryl/α,β-unsaturated/α-hetero) is 1. The second-order valence-corrected chi connectivity index (χ2v) is 16.9. The van der Waals surface area contributed by atoms with E-state index in [1.807, 2.05) is 0 Å². The van der Waals surface area contributed by atoms with Gasteiger partial charge in [-0.15, -0.1) is 0 Å². The van der Waals surface area contributed by atoms with Crippen LogP contribution >= 0.6 is 0 Å². The smallest absolute Gasteiger partial charge is 0.312 e. The molecule has 0 aromatic heterocycles. The Balaban J connectivity index is 1.97. The molecule has 60 heavy (non-hydrogen) atoms. The first-order valence-electron chi connectivity index (χ1n) is 19.6. The normalized spacial score (nSPS) is 29.5. The lowest BCUT2D eigenvalue weighted by Crippen LogP contribution is -2.46. The molecule has 7 N–H and O–H groups in total. The van der Waals surface area contributed by atoms with Crippen LogP contribution in [0.4, 0.5) is 5.69 Å². The van der Waals surface area contributed by atoms with Gasteiger partial charge in [-0.05, 0) is 19.9 Å². The highest BCUT2D eigenvalue weighted by Crippen LogP contribution is 2.55. The van der Waals surface area contributed by atoms with Crippen LogP contribution < -0.4 is 15.5 Å². The Morgan fingerprint density at radius 3 is 2.22 bits per heavy atom. The Morgan fingerprint density at radius 2 is 1.62 bits per heavy atom. The number of likely N-dealkylation sites (N-methyl/N-ethyl adjacent to an activating group) is 1. The summed E-state index contributed by atoms with van der Waals surface area (Å²) >= 11 is 0. The van der Waals surface area contributed by atoms with E-state index in [1.54, 1.807) is 54.9 Å². The van der Waals surface area contributed by atoms with Crippen LogP contribution in [-0.4, -0.2) is 125 Å². The van der Waals surface area contributed by atoms with Crippen molar-refractivity contribution in [1.29, 1.82) is 0 Å².